The van der Waals surface area contributed by atoms with Crippen LogP contribution >= 0.6 is 0 Å². The molecule has 3 rings (SSSR count). The van der Waals surface area contributed by atoms with E-state index in [0.717, 1.165) is 43.4 Å². The predicted molar refractivity (Wildman–Crippen MR) is 67.4 cm³/mol. The molecule has 0 spiro atoms. The van der Waals surface area contributed by atoms with Gasteiger partial charge in [-0.25, -0.2) is 19.4 Å². The van der Waals surface area contributed by atoms with Crippen LogP contribution in [0.25, 0.3) is 5.69 Å². The Bertz CT molecular complexity index is 607. The summed E-state index contributed by atoms with van der Waals surface area (Å²) in [5, 5.41) is 13.5. The van der Waals surface area contributed by atoms with Crippen LogP contribution in [-0.4, -0.2) is 30.8 Å². The Morgan fingerprint density at radius 3 is 2.63 bits per heavy atom. The number of nitrogens with zero attached hydrogens (tertiary/aromatic N) is 4. The fourth-order valence-corrected chi connectivity index (χ4v) is 2.56. The Balaban J connectivity index is 2.17. The molecule has 0 atom stereocenters. The summed E-state index contributed by atoms with van der Waals surface area (Å²) >= 11 is 0. The molecule has 1 aliphatic carbocycles. The third-order valence-corrected chi connectivity index (χ3v) is 3.42. The number of aromatic nitrogens is 4. The third kappa shape index (κ3) is 2.09. The molecule has 2 heterocycles. The van der Waals surface area contributed by atoms with Gasteiger partial charge in [0.25, 0.3) is 0 Å². The van der Waals surface area contributed by atoms with Crippen molar-refractivity contribution in [2.24, 2.45) is 0 Å². The minimum Gasteiger partial charge on any atom is -0.476 e. The summed E-state index contributed by atoms with van der Waals surface area (Å²) in [4.78, 5) is 19.3. The Labute approximate surface area is 110 Å². The van der Waals surface area contributed by atoms with Gasteiger partial charge in [0, 0.05) is 11.3 Å². The van der Waals surface area contributed by atoms with Crippen molar-refractivity contribution in [3.05, 3.63) is 35.7 Å². The van der Waals surface area contributed by atoms with E-state index in [-0.39, 0.29) is 5.69 Å². The monoisotopic (exact) mass is 258 g/mol. The summed E-state index contributed by atoms with van der Waals surface area (Å²) in [7, 11) is 0. The van der Waals surface area contributed by atoms with Crippen molar-refractivity contribution >= 4 is 5.97 Å². The Morgan fingerprint density at radius 2 is 1.89 bits per heavy atom. The molecule has 0 saturated carbocycles. The first-order chi connectivity index (χ1) is 9.27. The second kappa shape index (κ2) is 4.79. The average molecular weight is 258 g/mol. The molecule has 0 fully saturated rings. The summed E-state index contributed by atoms with van der Waals surface area (Å²) in [6.45, 7) is 0. The van der Waals surface area contributed by atoms with E-state index in [1.807, 2.05) is 0 Å². The summed E-state index contributed by atoms with van der Waals surface area (Å²) in [6, 6.07) is 0. The summed E-state index contributed by atoms with van der Waals surface area (Å²) < 4.78 is 1.68. The average Bonchev–Trinajstić information content (AvgIpc) is 2.62. The predicted octanol–water partition coefficient (Wildman–Crippen LogP) is 1.63. The van der Waals surface area contributed by atoms with Gasteiger partial charge in [0.2, 0.25) is 0 Å². The van der Waals surface area contributed by atoms with Crippen LogP contribution in [0, 0.1) is 0 Å². The highest BCUT2D eigenvalue weighted by molar-refractivity contribution is 5.87. The van der Waals surface area contributed by atoms with E-state index >= 15 is 0 Å². The molecule has 0 saturated heterocycles. The summed E-state index contributed by atoms with van der Waals surface area (Å²) in [5.74, 6) is -0.964. The Morgan fingerprint density at radius 1 is 1.16 bits per heavy atom. The fraction of sp³-hybridized carbons (Fsp3) is 0.385. The van der Waals surface area contributed by atoms with Gasteiger partial charge in [-0.1, -0.05) is 6.42 Å². The maximum atomic E-state index is 11.3. The number of carboxylic acids is 1. The lowest BCUT2D eigenvalue weighted by atomic mass is 10.1. The molecular formula is C13H14N4O2. The number of carboxylic acid groups (broad SMARTS) is 1. The zero-order chi connectivity index (χ0) is 13.2. The Hall–Kier alpha value is -2.24. The molecule has 0 unspecified atom stereocenters. The second-order valence-corrected chi connectivity index (χ2v) is 4.65. The van der Waals surface area contributed by atoms with Crippen molar-refractivity contribution in [2.45, 2.75) is 32.1 Å². The minimum absolute atomic E-state index is 0.167. The van der Waals surface area contributed by atoms with Crippen LogP contribution in [0.4, 0.5) is 0 Å². The van der Waals surface area contributed by atoms with Gasteiger partial charge in [0.1, 0.15) is 12.0 Å². The van der Waals surface area contributed by atoms with Crippen LogP contribution < -0.4 is 0 Å². The van der Waals surface area contributed by atoms with Gasteiger partial charge in [-0.2, -0.15) is 5.10 Å². The van der Waals surface area contributed by atoms with E-state index in [9.17, 15) is 9.90 Å². The molecule has 2 aromatic rings. The maximum absolute atomic E-state index is 11.3. The number of aromatic carboxylic acids is 1. The number of hydrogen-bond donors (Lipinski definition) is 1. The first-order valence-electron chi connectivity index (χ1n) is 6.37. The molecule has 2 aromatic heterocycles. The largest absolute Gasteiger partial charge is 0.476 e. The lowest BCUT2D eigenvalue weighted by molar-refractivity contribution is 0.0688. The van der Waals surface area contributed by atoms with Crippen LogP contribution in [0.1, 0.15) is 41.0 Å². The molecule has 1 aliphatic rings. The van der Waals surface area contributed by atoms with Crippen LogP contribution in [-0.2, 0) is 12.8 Å². The molecule has 0 bridgehead atoms. The minimum atomic E-state index is -0.964. The molecule has 0 amide bonds. The van der Waals surface area contributed by atoms with E-state index in [2.05, 4.69) is 15.1 Å². The van der Waals surface area contributed by atoms with E-state index < -0.39 is 5.97 Å². The van der Waals surface area contributed by atoms with Crippen LogP contribution in [0.15, 0.2) is 18.7 Å². The van der Waals surface area contributed by atoms with E-state index in [1.54, 1.807) is 17.1 Å². The maximum Gasteiger partial charge on any atom is 0.356 e. The first kappa shape index (κ1) is 11.8. The van der Waals surface area contributed by atoms with Gasteiger partial charge in [-0.15, -0.1) is 0 Å². The van der Waals surface area contributed by atoms with E-state index in [4.69, 9.17) is 0 Å². The first-order valence-corrected chi connectivity index (χ1v) is 6.37. The topological polar surface area (TPSA) is 80.9 Å². The molecule has 6 heteroatoms. The normalized spacial score (nSPS) is 14.7. The Kier molecular flexibility index (Phi) is 2.98. The smallest absolute Gasteiger partial charge is 0.356 e. The molecule has 0 aliphatic heterocycles. The van der Waals surface area contributed by atoms with E-state index in [0.29, 0.717) is 5.69 Å². The quantitative estimate of drug-likeness (QED) is 0.828. The number of hydrogen-bond acceptors (Lipinski definition) is 4. The lowest BCUT2D eigenvalue weighted by Gasteiger charge is -2.05. The zero-order valence-corrected chi connectivity index (χ0v) is 10.4. The van der Waals surface area contributed by atoms with Crippen molar-refractivity contribution in [3.63, 3.8) is 0 Å². The molecule has 0 aromatic carbocycles. The van der Waals surface area contributed by atoms with Crippen molar-refractivity contribution < 1.29 is 9.90 Å². The second-order valence-electron chi connectivity index (χ2n) is 4.65. The van der Waals surface area contributed by atoms with Crippen LogP contribution in [0.2, 0.25) is 0 Å². The molecule has 19 heavy (non-hydrogen) atoms. The SMILES string of the molecule is O=C(O)c1nn(-c2cncnc2)c2c1CCCCC2. The molecule has 98 valence electrons. The lowest BCUT2D eigenvalue weighted by Crippen LogP contribution is -2.04. The molecule has 6 nitrogen and oxygen atoms in total. The zero-order valence-electron chi connectivity index (χ0n) is 10.4. The number of carbonyl (C=O) groups is 1. The standard InChI is InChI=1S/C13H14N4O2/c18-13(19)12-10-4-2-1-3-5-11(10)17(16-12)9-6-14-8-15-7-9/h6-8H,1-5H2,(H,18,19). The van der Waals surface area contributed by atoms with Crippen molar-refractivity contribution in [1.29, 1.82) is 0 Å². The summed E-state index contributed by atoms with van der Waals surface area (Å²) in [5.41, 5.74) is 2.74. The van der Waals surface area contributed by atoms with Crippen LogP contribution in [0.5, 0.6) is 0 Å². The number of rotatable bonds is 2. The molecule has 1 N–H and O–H groups in total. The van der Waals surface area contributed by atoms with Crippen LogP contribution in [0.3, 0.4) is 0 Å². The molecular weight excluding hydrogens is 244 g/mol. The van der Waals surface area contributed by atoms with Gasteiger partial charge >= 0.3 is 5.97 Å². The highest BCUT2D eigenvalue weighted by Gasteiger charge is 2.24. The van der Waals surface area contributed by atoms with Crippen molar-refractivity contribution in [2.75, 3.05) is 0 Å². The van der Waals surface area contributed by atoms with Gasteiger partial charge < -0.3 is 5.11 Å². The fourth-order valence-electron chi connectivity index (χ4n) is 2.56. The highest BCUT2D eigenvalue weighted by Crippen LogP contribution is 2.25. The third-order valence-electron chi connectivity index (χ3n) is 3.42. The van der Waals surface area contributed by atoms with Gasteiger partial charge in [0.05, 0.1) is 12.4 Å². The number of fused-ring (bicyclic) bond motifs is 1. The van der Waals surface area contributed by atoms with Gasteiger partial charge in [-0.3, -0.25) is 0 Å². The summed E-state index contributed by atoms with van der Waals surface area (Å²) in [6.07, 6.45) is 9.58. The highest BCUT2D eigenvalue weighted by atomic mass is 16.4. The van der Waals surface area contributed by atoms with Gasteiger partial charge in [0.15, 0.2) is 5.69 Å². The van der Waals surface area contributed by atoms with E-state index in [1.165, 1.54) is 6.33 Å². The van der Waals surface area contributed by atoms with Crippen molar-refractivity contribution in [1.82, 2.24) is 19.7 Å². The van der Waals surface area contributed by atoms with Crippen molar-refractivity contribution in [3.8, 4) is 5.69 Å². The van der Waals surface area contributed by atoms with Gasteiger partial charge in [-0.05, 0) is 25.7 Å². The molecule has 0 radical (unpaired) electrons.